The molecule has 3 rings (SSSR count). The second kappa shape index (κ2) is 6.60. The summed E-state index contributed by atoms with van der Waals surface area (Å²) in [5, 5.41) is 14.0. The summed E-state index contributed by atoms with van der Waals surface area (Å²) in [6.07, 6.45) is 0. The van der Waals surface area contributed by atoms with Crippen molar-refractivity contribution in [1.82, 2.24) is 4.90 Å². The summed E-state index contributed by atoms with van der Waals surface area (Å²) in [6.45, 7) is 0.278. The Hall–Kier alpha value is -3.42. The number of nitrogens with zero attached hydrogens (tertiary/aromatic N) is 2. The molecule has 0 bridgehead atoms. The van der Waals surface area contributed by atoms with Crippen LogP contribution in [-0.4, -0.2) is 41.8 Å². The standard InChI is InChI=1S/C17H15N3O5/c1-25-11-6-7-15(20(23)24)14(10-11)18-8-9-19-16(21)12-4-2-3-5-13(12)17(19)22/h2-7,10,18H,8-9H2,1H3. The largest absolute Gasteiger partial charge is 0.497 e. The topological polar surface area (TPSA) is 102 Å². The zero-order valence-corrected chi connectivity index (χ0v) is 13.4. The smallest absolute Gasteiger partial charge is 0.292 e. The molecular weight excluding hydrogens is 326 g/mol. The lowest BCUT2D eigenvalue weighted by Gasteiger charge is -2.15. The molecule has 0 unspecified atom stereocenters. The van der Waals surface area contributed by atoms with Crippen molar-refractivity contribution in [3.8, 4) is 5.75 Å². The van der Waals surface area contributed by atoms with Gasteiger partial charge in [-0.05, 0) is 18.2 Å². The van der Waals surface area contributed by atoms with Gasteiger partial charge < -0.3 is 10.1 Å². The molecule has 0 fully saturated rings. The van der Waals surface area contributed by atoms with Gasteiger partial charge in [-0.3, -0.25) is 24.6 Å². The first-order valence-corrected chi connectivity index (χ1v) is 7.54. The number of amides is 2. The highest BCUT2D eigenvalue weighted by Gasteiger charge is 2.34. The molecule has 0 aliphatic carbocycles. The lowest BCUT2D eigenvalue weighted by atomic mass is 10.1. The van der Waals surface area contributed by atoms with E-state index in [9.17, 15) is 19.7 Å². The molecule has 0 saturated carbocycles. The summed E-state index contributed by atoms with van der Waals surface area (Å²) in [5.41, 5.74) is 0.906. The Morgan fingerprint density at radius 1 is 1.12 bits per heavy atom. The van der Waals surface area contributed by atoms with E-state index < -0.39 is 4.92 Å². The Morgan fingerprint density at radius 2 is 1.76 bits per heavy atom. The molecular formula is C17H15N3O5. The fraction of sp³-hybridized carbons (Fsp3) is 0.176. The highest BCUT2D eigenvalue weighted by molar-refractivity contribution is 6.21. The third-order valence-corrected chi connectivity index (χ3v) is 3.93. The van der Waals surface area contributed by atoms with Crippen LogP contribution in [0.3, 0.4) is 0 Å². The predicted molar refractivity (Wildman–Crippen MR) is 89.9 cm³/mol. The molecule has 128 valence electrons. The fourth-order valence-electron chi connectivity index (χ4n) is 2.69. The van der Waals surface area contributed by atoms with Crippen LogP contribution in [0.25, 0.3) is 0 Å². The summed E-state index contributed by atoms with van der Waals surface area (Å²) < 4.78 is 5.06. The monoisotopic (exact) mass is 341 g/mol. The normalized spacial score (nSPS) is 12.9. The van der Waals surface area contributed by atoms with Crippen LogP contribution in [0.2, 0.25) is 0 Å². The Balaban J connectivity index is 1.71. The van der Waals surface area contributed by atoms with Gasteiger partial charge in [0.05, 0.1) is 23.2 Å². The first-order valence-electron chi connectivity index (χ1n) is 7.54. The SMILES string of the molecule is COc1ccc([N+](=O)[O-])c(NCCN2C(=O)c3ccccc3C2=O)c1. The molecule has 2 amide bonds. The Kier molecular flexibility index (Phi) is 4.34. The van der Waals surface area contributed by atoms with E-state index in [4.69, 9.17) is 4.74 Å². The van der Waals surface area contributed by atoms with Crippen LogP contribution in [0.5, 0.6) is 5.75 Å². The number of hydrogen-bond donors (Lipinski definition) is 1. The van der Waals surface area contributed by atoms with E-state index in [0.717, 1.165) is 4.90 Å². The summed E-state index contributed by atoms with van der Waals surface area (Å²) >= 11 is 0. The van der Waals surface area contributed by atoms with Crippen LogP contribution in [-0.2, 0) is 0 Å². The van der Waals surface area contributed by atoms with Crippen molar-refractivity contribution in [2.75, 3.05) is 25.5 Å². The third-order valence-electron chi connectivity index (χ3n) is 3.93. The number of fused-ring (bicyclic) bond motifs is 1. The Morgan fingerprint density at radius 3 is 2.32 bits per heavy atom. The Bertz CT molecular complexity index is 830. The molecule has 2 aromatic rings. The maximum absolute atomic E-state index is 12.3. The van der Waals surface area contributed by atoms with Gasteiger partial charge in [-0.15, -0.1) is 0 Å². The van der Waals surface area contributed by atoms with Crippen LogP contribution < -0.4 is 10.1 Å². The molecule has 8 heteroatoms. The summed E-state index contributed by atoms with van der Waals surface area (Å²) in [6, 6.07) is 10.9. The molecule has 0 saturated heterocycles. The number of ether oxygens (including phenoxy) is 1. The number of carbonyl (C=O) groups excluding carboxylic acids is 2. The molecule has 2 aromatic carbocycles. The van der Waals surface area contributed by atoms with Gasteiger partial charge >= 0.3 is 0 Å². The van der Waals surface area contributed by atoms with E-state index in [2.05, 4.69) is 5.32 Å². The van der Waals surface area contributed by atoms with Crippen LogP contribution in [0.1, 0.15) is 20.7 Å². The van der Waals surface area contributed by atoms with Crippen molar-refractivity contribution < 1.29 is 19.2 Å². The molecule has 0 atom stereocenters. The van der Waals surface area contributed by atoms with Crippen molar-refractivity contribution in [2.24, 2.45) is 0 Å². The van der Waals surface area contributed by atoms with Crippen LogP contribution >= 0.6 is 0 Å². The van der Waals surface area contributed by atoms with Gasteiger partial charge in [0.15, 0.2) is 0 Å². The van der Waals surface area contributed by atoms with E-state index in [0.29, 0.717) is 16.9 Å². The average Bonchev–Trinajstić information content (AvgIpc) is 2.86. The van der Waals surface area contributed by atoms with Gasteiger partial charge in [-0.25, -0.2) is 0 Å². The number of nitrogens with one attached hydrogen (secondary N) is 1. The minimum absolute atomic E-state index is 0.0979. The first kappa shape index (κ1) is 16.4. The quantitative estimate of drug-likeness (QED) is 0.491. The predicted octanol–water partition coefficient (Wildman–Crippen LogP) is 2.31. The van der Waals surface area contributed by atoms with E-state index in [-0.39, 0.29) is 36.3 Å². The van der Waals surface area contributed by atoms with Crippen LogP contribution in [0.15, 0.2) is 42.5 Å². The minimum atomic E-state index is -0.510. The van der Waals surface area contributed by atoms with Crippen molar-refractivity contribution in [1.29, 1.82) is 0 Å². The van der Waals surface area contributed by atoms with Gasteiger partial charge in [0.2, 0.25) is 0 Å². The van der Waals surface area contributed by atoms with Gasteiger partial charge in [0.1, 0.15) is 11.4 Å². The van der Waals surface area contributed by atoms with Crippen molar-refractivity contribution in [3.05, 3.63) is 63.7 Å². The van der Waals surface area contributed by atoms with Crippen molar-refractivity contribution >= 4 is 23.2 Å². The number of anilines is 1. The zero-order chi connectivity index (χ0) is 18.0. The summed E-state index contributed by atoms with van der Waals surface area (Å²) in [5.74, 6) is -0.251. The number of nitro groups is 1. The fourth-order valence-corrected chi connectivity index (χ4v) is 2.69. The molecule has 0 aromatic heterocycles. The van der Waals surface area contributed by atoms with E-state index >= 15 is 0 Å². The number of hydrogen-bond acceptors (Lipinski definition) is 6. The Labute approximate surface area is 143 Å². The minimum Gasteiger partial charge on any atom is -0.497 e. The molecule has 8 nitrogen and oxygen atoms in total. The van der Waals surface area contributed by atoms with Gasteiger partial charge in [0, 0.05) is 25.2 Å². The van der Waals surface area contributed by atoms with Gasteiger partial charge in [0.25, 0.3) is 17.5 Å². The maximum atomic E-state index is 12.3. The number of carbonyl (C=O) groups is 2. The maximum Gasteiger partial charge on any atom is 0.292 e. The number of methoxy groups -OCH3 is 1. The highest BCUT2D eigenvalue weighted by Crippen LogP contribution is 2.29. The molecule has 1 N–H and O–H groups in total. The van der Waals surface area contributed by atoms with E-state index in [1.807, 2.05) is 0 Å². The van der Waals surface area contributed by atoms with Gasteiger partial charge in [-0.2, -0.15) is 0 Å². The lowest BCUT2D eigenvalue weighted by Crippen LogP contribution is -2.34. The molecule has 1 heterocycles. The van der Waals surface area contributed by atoms with Crippen LogP contribution in [0.4, 0.5) is 11.4 Å². The second-order valence-corrected chi connectivity index (χ2v) is 5.37. The molecule has 0 radical (unpaired) electrons. The van der Waals surface area contributed by atoms with Crippen molar-refractivity contribution in [3.63, 3.8) is 0 Å². The number of benzene rings is 2. The molecule has 0 spiro atoms. The van der Waals surface area contributed by atoms with E-state index in [1.54, 1.807) is 24.3 Å². The second-order valence-electron chi connectivity index (χ2n) is 5.37. The number of nitro benzene ring substituents is 1. The number of imide groups is 1. The van der Waals surface area contributed by atoms with Crippen LogP contribution in [0, 0.1) is 10.1 Å². The molecule has 25 heavy (non-hydrogen) atoms. The average molecular weight is 341 g/mol. The van der Waals surface area contributed by atoms with E-state index in [1.165, 1.54) is 25.3 Å². The number of rotatable bonds is 6. The highest BCUT2D eigenvalue weighted by atomic mass is 16.6. The summed E-state index contributed by atoms with van der Waals surface area (Å²) in [7, 11) is 1.46. The third kappa shape index (κ3) is 3.01. The zero-order valence-electron chi connectivity index (χ0n) is 13.4. The molecule has 1 aliphatic rings. The van der Waals surface area contributed by atoms with Crippen molar-refractivity contribution in [2.45, 2.75) is 0 Å². The molecule has 1 aliphatic heterocycles. The first-order chi connectivity index (χ1) is 12.0. The lowest BCUT2D eigenvalue weighted by molar-refractivity contribution is -0.384. The summed E-state index contributed by atoms with van der Waals surface area (Å²) in [4.78, 5) is 36.3. The van der Waals surface area contributed by atoms with Gasteiger partial charge in [-0.1, -0.05) is 12.1 Å².